The maximum Gasteiger partial charge on any atom is 0.0357 e. The van der Waals surface area contributed by atoms with E-state index in [1.165, 1.54) is 21.2 Å². The lowest BCUT2D eigenvalue weighted by Crippen LogP contribution is -2.21. The Kier molecular flexibility index (Phi) is 5.23. The molecule has 0 aliphatic heterocycles. The first-order chi connectivity index (χ1) is 7.54. The summed E-state index contributed by atoms with van der Waals surface area (Å²) in [7, 11) is 0. The van der Waals surface area contributed by atoms with Gasteiger partial charge in [-0.05, 0) is 44.0 Å². The van der Waals surface area contributed by atoms with E-state index >= 15 is 0 Å². The van der Waals surface area contributed by atoms with Gasteiger partial charge in [0.2, 0.25) is 0 Å². The Balaban J connectivity index is 2.91. The molecule has 0 bridgehead atoms. The third-order valence-corrected chi connectivity index (χ3v) is 3.46. The van der Waals surface area contributed by atoms with E-state index in [2.05, 4.69) is 66.8 Å². The molecule has 16 heavy (non-hydrogen) atoms. The highest BCUT2D eigenvalue weighted by Gasteiger charge is 2.11. The number of hydrogen-bond donors (Lipinski definition) is 1. The molecule has 1 N–H and O–H groups in total. The number of benzene rings is 1. The van der Waals surface area contributed by atoms with Crippen molar-refractivity contribution in [3.63, 3.8) is 0 Å². The van der Waals surface area contributed by atoms with Gasteiger partial charge in [-0.1, -0.05) is 40.6 Å². The van der Waals surface area contributed by atoms with Gasteiger partial charge in [0, 0.05) is 10.5 Å². The van der Waals surface area contributed by atoms with E-state index in [9.17, 15) is 0 Å². The zero-order chi connectivity index (χ0) is 12.1. The quantitative estimate of drug-likeness (QED) is 0.790. The lowest BCUT2D eigenvalue weighted by Gasteiger charge is -2.19. The fourth-order valence-electron chi connectivity index (χ4n) is 1.73. The summed E-state index contributed by atoms with van der Waals surface area (Å²) in [5, 5.41) is 3.50. The average molecular weight is 282 g/mol. The van der Waals surface area contributed by atoms with Crippen LogP contribution in [0.25, 0.3) is 0 Å². The van der Waals surface area contributed by atoms with E-state index in [1.54, 1.807) is 0 Å². The molecule has 0 amide bonds. The first-order valence-corrected chi connectivity index (χ1v) is 6.47. The van der Waals surface area contributed by atoms with Crippen molar-refractivity contribution in [2.45, 2.75) is 33.2 Å². The lowest BCUT2D eigenvalue weighted by atomic mass is 9.99. The highest BCUT2D eigenvalue weighted by molar-refractivity contribution is 9.10. The van der Waals surface area contributed by atoms with Gasteiger partial charge in [0.15, 0.2) is 0 Å². The molecule has 0 spiro atoms. The molecular weight excluding hydrogens is 262 g/mol. The van der Waals surface area contributed by atoms with E-state index in [0.29, 0.717) is 6.04 Å². The molecule has 1 aromatic carbocycles. The molecule has 1 nitrogen and oxygen atoms in total. The summed E-state index contributed by atoms with van der Waals surface area (Å²) in [4.78, 5) is 0. The zero-order valence-corrected chi connectivity index (χ0v) is 11.9. The summed E-state index contributed by atoms with van der Waals surface area (Å²) in [6.45, 7) is 11.3. The minimum Gasteiger partial charge on any atom is -0.310 e. The van der Waals surface area contributed by atoms with Gasteiger partial charge in [0.25, 0.3) is 0 Å². The van der Waals surface area contributed by atoms with Gasteiger partial charge in [-0.2, -0.15) is 0 Å². The lowest BCUT2D eigenvalue weighted by molar-refractivity contribution is 0.548. The van der Waals surface area contributed by atoms with E-state index in [0.717, 1.165) is 13.0 Å². The van der Waals surface area contributed by atoms with Gasteiger partial charge in [-0.25, -0.2) is 0 Å². The van der Waals surface area contributed by atoms with Crippen molar-refractivity contribution in [1.29, 1.82) is 0 Å². The summed E-state index contributed by atoms with van der Waals surface area (Å²) in [5.41, 5.74) is 3.80. The second-order valence-corrected chi connectivity index (χ2v) is 5.13. The van der Waals surface area contributed by atoms with Gasteiger partial charge < -0.3 is 5.32 Å². The van der Waals surface area contributed by atoms with Crippen LogP contribution >= 0.6 is 15.9 Å². The molecule has 0 aromatic heterocycles. The maximum absolute atomic E-state index is 3.99. The summed E-state index contributed by atoms with van der Waals surface area (Å²) in [6.07, 6.45) is 0.989. The molecule has 2 heteroatoms. The molecule has 0 saturated carbocycles. The number of nitrogens with one attached hydrogen (secondary N) is 1. The third kappa shape index (κ3) is 3.76. The SMILES string of the molecule is C=C(C)CC(NCC)c1ccc(C)c(Br)c1. The van der Waals surface area contributed by atoms with Crippen molar-refractivity contribution in [1.82, 2.24) is 5.32 Å². The highest BCUT2D eigenvalue weighted by atomic mass is 79.9. The smallest absolute Gasteiger partial charge is 0.0357 e. The van der Waals surface area contributed by atoms with Gasteiger partial charge >= 0.3 is 0 Å². The Morgan fingerprint density at radius 1 is 1.50 bits per heavy atom. The van der Waals surface area contributed by atoms with Crippen LogP contribution in [-0.2, 0) is 0 Å². The molecule has 1 rings (SSSR count). The van der Waals surface area contributed by atoms with Gasteiger partial charge in [-0.15, -0.1) is 6.58 Å². The minimum absolute atomic E-state index is 0.374. The van der Waals surface area contributed by atoms with Crippen molar-refractivity contribution >= 4 is 15.9 Å². The Labute approximate surface area is 107 Å². The van der Waals surface area contributed by atoms with E-state index in [1.807, 2.05) is 0 Å². The van der Waals surface area contributed by atoms with Crippen LogP contribution in [0.4, 0.5) is 0 Å². The van der Waals surface area contributed by atoms with Crippen molar-refractivity contribution in [2.75, 3.05) is 6.54 Å². The molecule has 0 radical (unpaired) electrons. The first-order valence-electron chi connectivity index (χ1n) is 5.68. The molecular formula is C14H20BrN. The molecule has 1 atom stereocenters. The van der Waals surface area contributed by atoms with Gasteiger partial charge in [0.05, 0.1) is 0 Å². The van der Waals surface area contributed by atoms with Crippen LogP contribution in [0.15, 0.2) is 34.8 Å². The topological polar surface area (TPSA) is 12.0 Å². The average Bonchev–Trinajstić information content (AvgIpc) is 2.21. The van der Waals surface area contributed by atoms with E-state index in [-0.39, 0.29) is 0 Å². The standard InChI is InChI=1S/C14H20BrN/c1-5-16-14(8-10(2)3)12-7-6-11(4)13(15)9-12/h6-7,9,14,16H,2,5,8H2,1,3-4H3. The first kappa shape index (κ1) is 13.5. The molecule has 0 aliphatic carbocycles. The summed E-state index contributed by atoms with van der Waals surface area (Å²) in [5.74, 6) is 0. The largest absolute Gasteiger partial charge is 0.310 e. The van der Waals surface area contributed by atoms with E-state index < -0.39 is 0 Å². The monoisotopic (exact) mass is 281 g/mol. The summed E-state index contributed by atoms with van der Waals surface area (Å²) >= 11 is 3.58. The maximum atomic E-state index is 3.99. The highest BCUT2D eigenvalue weighted by Crippen LogP contribution is 2.25. The normalized spacial score (nSPS) is 12.5. The van der Waals surface area contributed by atoms with Crippen molar-refractivity contribution in [2.24, 2.45) is 0 Å². The van der Waals surface area contributed by atoms with E-state index in [4.69, 9.17) is 0 Å². The van der Waals surface area contributed by atoms with Crippen molar-refractivity contribution < 1.29 is 0 Å². The fourth-order valence-corrected chi connectivity index (χ4v) is 2.13. The van der Waals surface area contributed by atoms with Crippen LogP contribution in [-0.4, -0.2) is 6.54 Å². The Bertz CT molecular complexity index is 371. The van der Waals surface area contributed by atoms with Crippen LogP contribution in [0.1, 0.15) is 37.4 Å². The van der Waals surface area contributed by atoms with Crippen LogP contribution in [0.3, 0.4) is 0 Å². The fraction of sp³-hybridized carbons (Fsp3) is 0.429. The van der Waals surface area contributed by atoms with Gasteiger partial charge in [0.1, 0.15) is 0 Å². The molecule has 88 valence electrons. The number of aryl methyl sites for hydroxylation is 1. The minimum atomic E-state index is 0.374. The van der Waals surface area contributed by atoms with Crippen LogP contribution in [0.2, 0.25) is 0 Å². The summed E-state index contributed by atoms with van der Waals surface area (Å²) < 4.78 is 1.18. The molecule has 0 fully saturated rings. The van der Waals surface area contributed by atoms with Crippen molar-refractivity contribution in [3.8, 4) is 0 Å². The molecule has 1 aromatic rings. The Morgan fingerprint density at radius 3 is 2.69 bits per heavy atom. The molecule has 0 aliphatic rings. The zero-order valence-electron chi connectivity index (χ0n) is 10.3. The Hall–Kier alpha value is -0.600. The van der Waals surface area contributed by atoms with Crippen LogP contribution in [0, 0.1) is 6.92 Å². The Morgan fingerprint density at radius 2 is 2.19 bits per heavy atom. The summed E-state index contributed by atoms with van der Waals surface area (Å²) in [6, 6.07) is 6.92. The second kappa shape index (κ2) is 6.21. The predicted molar refractivity (Wildman–Crippen MR) is 74.7 cm³/mol. The number of halogens is 1. The van der Waals surface area contributed by atoms with Crippen molar-refractivity contribution in [3.05, 3.63) is 46.0 Å². The molecule has 0 heterocycles. The second-order valence-electron chi connectivity index (χ2n) is 4.28. The van der Waals surface area contributed by atoms with Crippen LogP contribution < -0.4 is 5.32 Å². The third-order valence-electron chi connectivity index (χ3n) is 2.60. The number of rotatable bonds is 5. The number of hydrogen-bond acceptors (Lipinski definition) is 1. The molecule has 1 unspecified atom stereocenters. The van der Waals surface area contributed by atoms with Crippen LogP contribution in [0.5, 0.6) is 0 Å². The van der Waals surface area contributed by atoms with Gasteiger partial charge in [-0.3, -0.25) is 0 Å². The predicted octanol–water partition coefficient (Wildman–Crippen LogP) is 4.37. The molecule has 0 saturated heterocycles.